The Bertz CT molecular complexity index is 235. The van der Waals surface area contributed by atoms with Crippen molar-refractivity contribution < 1.29 is 18.9 Å². The number of fused-ring (bicyclic) bond motifs is 2. The van der Waals surface area contributed by atoms with Crippen LogP contribution in [0.1, 0.15) is 0 Å². The van der Waals surface area contributed by atoms with E-state index in [1.807, 2.05) is 0 Å². The molecule has 2 aliphatic heterocycles. The Kier molecular flexibility index (Phi) is 2.55. The van der Waals surface area contributed by atoms with Gasteiger partial charge in [0.25, 0.3) is 0 Å². The van der Waals surface area contributed by atoms with Crippen molar-refractivity contribution in [3.8, 4) is 0 Å². The average molecular weight is 196 g/mol. The fourth-order valence-electron chi connectivity index (χ4n) is 2.12. The third-order valence-electron chi connectivity index (χ3n) is 2.66. The molecule has 4 unspecified atom stereocenters. The Morgan fingerprint density at radius 2 is 2.50 bits per heavy atom. The molecule has 0 aliphatic carbocycles. The lowest BCUT2D eigenvalue weighted by Crippen LogP contribution is -2.45. The van der Waals surface area contributed by atoms with E-state index >= 15 is 0 Å². The summed E-state index contributed by atoms with van der Waals surface area (Å²) in [5.41, 5.74) is -0.562. The first-order valence-electron chi connectivity index (χ1n) is 4.54. The molecule has 0 aromatic rings. The largest absolute Gasteiger partial charge is 0.493 e. The zero-order valence-corrected chi connectivity index (χ0v) is 8.14. The van der Waals surface area contributed by atoms with Gasteiger partial charge in [-0.25, -0.2) is 0 Å². The summed E-state index contributed by atoms with van der Waals surface area (Å²) in [5.74, 6) is 0. The summed E-state index contributed by atoms with van der Waals surface area (Å²) in [6.07, 6.45) is 0.955. The van der Waals surface area contributed by atoms with Gasteiger partial charge in [-0.15, -0.1) is 0 Å². The van der Waals surface area contributed by atoms with Crippen molar-refractivity contribution in [2.45, 2.75) is 23.8 Å². The Hall–Kier alpha value is -0.515. The van der Waals surface area contributed by atoms with Crippen molar-refractivity contribution in [3.05, 3.63) is 12.8 Å². The van der Waals surface area contributed by atoms with E-state index in [9.17, 15) is 0 Å². The fourth-order valence-corrected chi connectivity index (χ4v) is 2.12. The minimum atomic E-state index is -0.562. The third kappa shape index (κ3) is 1.27. The summed E-state index contributed by atoms with van der Waals surface area (Å²) >= 11 is 0. The van der Waals surface area contributed by atoms with Crippen LogP contribution in [-0.2, 0) is 18.9 Å². The number of hydrogen-bond acceptors (Lipinski definition) is 4. The van der Waals surface area contributed by atoms with Gasteiger partial charge in [0.1, 0.15) is 14.0 Å². The van der Waals surface area contributed by atoms with Crippen molar-refractivity contribution >= 4 is 7.85 Å². The van der Waals surface area contributed by atoms with E-state index < -0.39 is 11.6 Å². The lowest BCUT2D eigenvalue weighted by Gasteiger charge is -2.29. The van der Waals surface area contributed by atoms with Gasteiger partial charge in [-0.1, -0.05) is 6.58 Å². The molecule has 2 bridgehead atoms. The molecule has 2 saturated heterocycles. The highest BCUT2D eigenvalue weighted by atomic mass is 16.7. The lowest BCUT2D eigenvalue weighted by molar-refractivity contribution is -0.142. The van der Waals surface area contributed by atoms with E-state index in [0.29, 0.717) is 13.2 Å². The fraction of sp³-hybridized carbons (Fsp3) is 0.778. The van der Waals surface area contributed by atoms with Crippen LogP contribution in [0.5, 0.6) is 0 Å². The van der Waals surface area contributed by atoms with Crippen molar-refractivity contribution in [3.63, 3.8) is 0 Å². The van der Waals surface area contributed by atoms with Crippen LogP contribution in [0.25, 0.3) is 0 Å². The van der Waals surface area contributed by atoms with Crippen molar-refractivity contribution in [2.75, 3.05) is 20.3 Å². The van der Waals surface area contributed by atoms with Crippen LogP contribution in [0.4, 0.5) is 0 Å². The number of hydrogen-bond donors (Lipinski definition) is 0. The summed E-state index contributed by atoms with van der Waals surface area (Å²) in [6, 6.07) is -0.441. The van der Waals surface area contributed by atoms with E-state index in [1.54, 1.807) is 7.11 Å². The van der Waals surface area contributed by atoms with Crippen LogP contribution in [0.3, 0.4) is 0 Å². The van der Waals surface area contributed by atoms with E-state index in [4.69, 9.17) is 26.8 Å². The molecule has 2 heterocycles. The molecule has 0 aromatic carbocycles. The molecule has 14 heavy (non-hydrogen) atoms. The first-order valence-corrected chi connectivity index (χ1v) is 4.54. The van der Waals surface area contributed by atoms with Gasteiger partial charge < -0.3 is 18.9 Å². The van der Waals surface area contributed by atoms with Crippen LogP contribution >= 0.6 is 0 Å². The SMILES string of the molecule is [B]C1OC2(COC)COC1C2OC=C. The standard InChI is InChI=1S/C9H13BO4/c1-3-12-7-6-8(10)14-9(7,4-11-2)5-13-6/h3,6-8H,1,4-5H2,2H3. The maximum atomic E-state index is 5.74. The third-order valence-corrected chi connectivity index (χ3v) is 2.66. The molecule has 5 heteroatoms. The Morgan fingerprint density at radius 1 is 1.71 bits per heavy atom. The maximum Gasteiger partial charge on any atom is 0.159 e. The van der Waals surface area contributed by atoms with Crippen molar-refractivity contribution in [1.29, 1.82) is 0 Å². The molecule has 0 saturated carbocycles. The zero-order valence-electron chi connectivity index (χ0n) is 8.14. The van der Waals surface area contributed by atoms with Gasteiger partial charge in [0.05, 0.1) is 19.5 Å². The molecule has 0 aromatic heterocycles. The number of rotatable bonds is 4. The average Bonchev–Trinajstić information content (AvgIpc) is 2.58. The Balaban J connectivity index is 2.17. The van der Waals surface area contributed by atoms with Crippen LogP contribution in [-0.4, -0.2) is 52.0 Å². The first kappa shape index (κ1) is 10.0. The highest BCUT2D eigenvalue weighted by molar-refractivity contribution is 6.11. The predicted octanol–water partition coefficient (Wildman–Crippen LogP) is -0.176. The van der Waals surface area contributed by atoms with Gasteiger partial charge in [0.15, 0.2) is 11.7 Å². The second-order valence-electron chi connectivity index (χ2n) is 3.58. The zero-order chi connectivity index (χ0) is 10.2. The molecular weight excluding hydrogens is 183 g/mol. The molecule has 2 fully saturated rings. The number of ether oxygens (including phenoxy) is 4. The molecule has 0 amide bonds. The summed E-state index contributed by atoms with van der Waals surface area (Å²) < 4.78 is 21.6. The van der Waals surface area contributed by atoms with Gasteiger partial charge in [-0.2, -0.15) is 0 Å². The van der Waals surface area contributed by atoms with Gasteiger partial charge in [-0.3, -0.25) is 0 Å². The topological polar surface area (TPSA) is 36.9 Å². The normalized spacial score (nSPS) is 45.4. The van der Waals surface area contributed by atoms with Crippen LogP contribution in [0, 0.1) is 0 Å². The second kappa shape index (κ2) is 3.57. The van der Waals surface area contributed by atoms with Crippen LogP contribution in [0.15, 0.2) is 12.8 Å². The molecular formula is C9H13BO4. The van der Waals surface area contributed by atoms with E-state index in [1.165, 1.54) is 6.26 Å². The van der Waals surface area contributed by atoms with Gasteiger partial charge in [-0.05, 0) is 0 Å². The predicted molar refractivity (Wildman–Crippen MR) is 50.0 cm³/mol. The highest BCUT2D eigenvalue weighted by Gasteiger charge is 2.61. The quantitative estimate of drug-likeness (QED) is 0.461. The Labute approximate surface area is 84.6 Å². The second-order valence-corrected chi connectivity index (χ2v) is 3.58. The van der Waals surface area contributed by atoms with Gasteiger partial charge in [0.2, 0.25) is 0 Å². The van der Waals surface area contributed by atoms with Gasteiger partial charge in [0, 0.05) is 13.1 Å². The molecule has 0 N–H and O–H groups in total. The molecule has 2 aliphatic rings. The van der Waals surface area contributed by atoms with E-state index in [-0.39, 0.29) is 12.2 Å². The van der Waals surface area contributed by atoms with Crippen molar-refractivity contribution in [1.82, 2.24) is 0 Å². The molecule has 4 atom stereocenters. The first-order chi connectivity index (χ1) is 6.73. The Morgan fingerprint density at radius 3 is 3.07 bits per heavy atom. The summed E-state index contributed by atoms with van der Waals surface area (Å²) in [4.78, 5) is 0. The lowest BCUT2D eigenvalue weighted by atomic mass is 9.92. The maximum absolute atomic E-state index is 5.74. The molecule has 2 rings (SSSR count). The molecule has 0 spiro atoms. The van der Waals surface area contributed by atoms with Crippen LogP contribution < -0.4 is 0 Å². The van der Waals surface area contributed by atoms with E-state index in [0.717, 1.165) is 0 Å². The highest BCUT2D eigenvalue weighted by Crippen LogP contribution is 2.41. The smallest absolute Gasteiger partial charge is 0.159 e. The van der Waals surface area contributed by atoms with Crippen molar-refractivity contribution in [2.24, 2.45) is 0 Å². The van der Waals surface area contributed by atoms with Crippen LogP contribution in [0.2, 0.25) is 0 Å². The van der Waals surface area contributed by atoms with E-state index in [2.05, 4.69) is 6.58 Å². The summed E-state index contributed by atoms with van der Waals surface area (Å²) in [7, 11) is 7.35. The van der Waals surface area contributed by atoms with Gasteiger partial charge >= 0.3 is 0 Å². The molecule has 76 valence electrons. The summed E-state index contributed by atoms with van der Waals surface area (Å²) in [6.45, 7) is 4.39. The number of methoxy groups -OCH3 is 1. The monoisotopic (exact) mass is 196 g/mol. The summed E-state index contributed by atoms with van der Waals surface area (Å²) in [5, 5.41) is 0. The molecule has 4 nitrogen and oxygen atoms in total. The molecule has 2 radical (unpaired) electrons. The minimum absolute atomic E-state index is 0.213. The minimum Gasteiger partial charge on any atom is -0.493 e.